The van der Waals surface area contributed by atoms with Crippen molar-refractivity contribution in [2.75, 3.05) is 6.26 Å². The predicted octanol–water partition coefficient (Wildman–Crippen LogP) is 3.92. The molecule has 6 nitrogen and oxygen atoms in total. The molecule has 0 bridgehead atoms. The molecule has 1 atom stereocenters. The molecule has 3 rings (SSSR count). The Hall–Kier alpha value is -2.03. The Morgan fingerprint density at radius 2 is 1.64 bits per heavy atom. The van der Waals surface area contributed by atoms with Gasteiger partial charge in [0.05, 0.1) is 34.2 Å². The average molecular weight is 470 g/mol. The summed E-state index contributed by atoms with van der Waals surface area (Å²) in [5.74, 6) is -0.228. The number of hydrogen-bond donors (Lipinski definition) is 1. The second-order valence-electron chi connectivity index (χ2n) is 8.67. The summed E-state index contributed by atoms with van der Waals surface area (Å²) >= 11 is 0. The molecule has 1 aromatic heterocycles. The molecule has 1 saturated heterocycles. The van der Waals surface area contributed by atoms with Crippen LogP contribution in [0.15, 0.2) is 41.4 Å². The van der Waals surface area contributed by atoms with E-state index in [2.05, 4.69) is 38.0 Å². The smallest absolute Gasteiger partial charge is 0.399 e. The Bertz CT molecular complexity index is 1000. The number of hydrogen-bond acceptors (Lipinski definition) is 5. The maximum atomic E-state index is 12.7. The molecule has 1 aliphatic heterocycles. The molecule has 33 heavy (non-hydrogen) atoms. The third kappa shape index (κ3) is 4.93. The Kier molecular flexibility index (Phi) is 8.14. The summed E-state index contributed by atoms with van der Waals surface area (Å²) in [6.07, 6.45) is 6.89. The van der Waals surface area contributed by atoms with Crippen molar-refractivity contribution in [1.29, 1.82) is 0 Å². The Labute approximate surface area is 200 Å². The first-order valence-electron chi connectivity index (χ1n) is 11.8. The molecule has 1 amide bonds. The minimum Gasteiger partial charge on any atom is -0.399 e. The van der Waals surface area contributed by atoms with Gasteiger partial charge in [0.15, 0.2) is 0 Å². The molecule has 1 aromatic carbocycles. The first-order valence-corrected chi connectivity index (χ1v) is 13.3. The number of nitrogens with one attached hydrogen (secondary N) is 1. The Morgan fingerprint density at radius 1 is 1.03 bits per heavy atom. The highest BCUT2D eigenvalue weighted by atomic mass is 32.2. The summed E-state index contributed by atoms with van der Waals surface area (Å²) in [5, 5.41) is 2.91. The summed E-state index contributed by atoms with van der Waals surface area (Å²) in [4.78, 5) is 17.8. The van der Waals surface area contributed by atoms with Crippen LogP contribution in [0.3, 0.4) is 0 Å². The summed E-state index contributed by atoms with van der Waals surface area (Å²) in [5.41, 5.74) is 2.38. The van der Waals surface area contributed by atoms with Crippen LogP contribution in [-0.2, 0) is 26.7 Å². The number of aryl methyl sites for hydroxylation is 1. The van der Waals surface area contributed by atoms with Crippen molar-refractivity contribution in [1.82, 2.24) is 10.3 Å². The summed E-state index contributed by atoms with van der Waals surface area (Å²) in [7, 11) is -1.61. The van der Waals surface area contributed by atoms with Gasteiger partial charge < -0.3 is 14.6 Å². The monoisotopic (exact) mass is 470 g/mol. The van der Waals surface area contributed by atoms with Gasteiger partial charge in [0.1, 0.15) is 0 Å². The molecule has 0 saturated carbocycles. The molecular formula is C25H35BN2O4S. The van der Waals surface area contributed by atoms with E-state index in [1.807, 2.05) is 25.1 Å². The van der Waals surface area contributed by atoms with E-state index in [4.69, 9.17) is 9.31 Å². The normalized spacial score (nSPS) is 17.7. The van der Waals surface area contributed by atoms with E-state index in [0.29, 0.717) is 10.5 Å². The molecule has 1 N–H and O–H groups in total. The van der Waals surface area contributed by atoms with Crippen molar-refractivity contribution in [3.63, 3.8) is 0 Å². The number of carbonyl (C=O) groups is 1. The summed E-state index contributed by atoms with van der Waals surface area (Å²) in [6, 6.07) is 9.10. The predicted molar refractivity (Wildman–Crippen MR) is 133 cm³/mol. The van der Waals surface area contributed by atoms with Crippen molar-refractivity contribution in [3.8, 4) is 0 Å². The number of pyridine rings is 1. The number of nitrogens with zero attached hydrogens (tertiary/aromatic N) is 1. The molecule has 1 aliphatic rings. The van der Waals surface area contributed by atoms with Crippen LogP contribution in [0.25, 0.3) is 0 Å². The van der Waals surface area contributed by atoms with E-state index < -0.39 is 17.9 Å². The van der Waals surface area contributed by atoms with Gasteiger partial charge >= 0.3 is 7.12 Å². The summed E-state index contributed by atoms with van der Waals surface area (Å²) < 4.78 is 25.0. The quantitative estimate of drug-likeness (QED) is 0.563. The molecule has 0 aliphatic carbocycles. The molecule has 0 spiro atoms. The lowest BCUT2D eigenvalue weighted by molar-refractivity contribution is -0.0601. The van der Waals surface area contributed by atoms with E-state index >= 15 is 0 Å². The van der Waals surface area contributed by atoms with Crippen LogP contribution >= 0.6 is 0 Å². The van der Waals surface area contributed by atoms with Crippen LogP contribution in [0.1, 0.15) is 75.0 Å². The SMILES string of the molecule is CCC1(CC)OB(c2ccnc(CNC(=O)c3ccc(C)c(S(C)=O)c3)c2)OC1(CC)CC. The number of amides is 1. The van der Waals surface area contributed by atoms with Gasteiger partial charge in [-0.1, -0.05) is 33.8 Å². The number of benzene rings is 1. The highest BCUT2D eigenvalue weighted by Crippen LogP contribution is 2.46. The van der Waals surface area contributed by atoms with Gasteiger partial charge in [-0.2, -0.15) is 0 Å². The van der Waals surface area contributed by atoms with Gasteiger partial charge in [-0.15, -0.1) is 0 Å². The molecule has 178 valence electrons. The van der Waals surface area contributed by atoms with Gasteiger partial charge in [-0.3, -0.25) is 14.0 Å². The second kappa shape index (κ2) is 10.5. The lowest BCUT2D eigenvalue weighted by atomic mass is 9.75. The zero-order valence-electron chi connectivity index (χ0n) is 20.6. The molecule has 1 unspecified atom stereocenters. The molecule has 0 radical (unpaired) electrons. The van der Waals surface area contributed by atoms with Crippen LogP contribution in [0.4, 0.5) is 0 Å². The van der Waals surface area contributed by atoms with E-state index in [1.165, 1.54) is 0 Å². The molecular weight excluding hydrogens is 435 g/mol. The van der Waals surface area contributed by atoms with Crippen molar-refractivity contribution in [3.05, 3.63) is 53.3 Å². The standard InChI is InChI=1S/C25H35BN2O4S/c1-7-24(8-2)25(9-3,10-4)32-26(31-24)20-13-14-27-21(16-20)17-28-23(29)19-12-11-18(5)22(15-19)33(6)30/h11-16H,7-10,17H2,1-6H3,(H,28,29). The highest BCUT2D eigenvalue weighted by molar-refractivity contribution is 7.84. The van der Waals surface area contributed by atoms with Gasteiger partial charge in [-0.05, 0) is 67.9 Å². The number of carbonyl (C=O) groups excluding carboxylic acids is 1. The van der Waals surface area contributed by atoms with Crippen LogP contribution in [0, 0.1) is 6.92 Å². The third-order valence-electron chi connectivity index (χ3n) is 7.08. The fraction of sp³-hybridized carbons (Fsp3) is 0.520. The maximum absolute atomic E-state index is 12.7. The fourth-order valence-electron chi connectivity index (χ4n) is 4.97. The van der Waals surface area contributed by atoms with Gasteiger partial charge in [0.2, 0.25) is 0 Å². The zero-order chi connectivity index (χ0) is 24.2. The minimum atomic E-state index is -1.15. The highest BCUT2D eigenvalue weighted by Gasteiger charge is 2.58. The van der Waals surface area contributed by atoms with Crippen LogP contribution < -0.4 is 10.8 Å². The van der Waals surface area contributed by atoms with E-state index in [9.17, 15) is 9.00 Å². The van der Waals surface area contributed by atoms with Gasteiger partial charge in [0.25, 0.3) is 5.91 Å². The van der Waals surface area contributed by atoms with Crippen LogP contribution in [-0.4, -0.2) is 39.7 Å². The Balaban J connectivity index is 1.75. The summed E-state index contributed by atoms with van der Waals surface area (Å²) in [6.45, 7) is 10.8. The van der Waals surface area contributed by atoms with Crippen LogP contribution in [0.2, 0.25) is 0 Å². The molecule has 8 heteroatoms. The first kappa shape index (κ1) is 25.6. The van der Waals surface area contributed by atoms with E-state index in [1.54, 1.807) is 24.6 Å². The lowest BCUT2D eigenvalue weighted by Gasteiger charge is -2.42. The lowest BCUT2D eigenvalue weighted by Crippen LogP contribution is -2.50. The van der Waals surface area contributed by atoms with E-state index in [-0.39, 0.29) is 23.7 Å². The van der Waals surface area contributed by atoms with Crippen LogP contribution in [0.5, 0.6) is 0 Å². The Morgan fingerprint density at radius 3 is 2.18 bits per heavy atom. The third-order valence-corrected chi connectivity index (χ3v) is 8.14. The fourth-order valence-corrected chi connectivity index (χ4v) is 5.79. The molecule has 2 heterocycles. The van der Waals surface area contributed by atoms with E-state index in [0.717, 1.165) is 42.4 Å². The first-order chi connectivity index (χ1) is 15.7. The second-order valence-corrected chi connectivity index (χ2v) is 10.0. The van der Waals surface area contributed by atoms with Crippen molar-refractivity contribution in [2.24, 2.45) is 0 Å². The maximum Gasteiger partial charge on any atom is 0.494 e. The van der Waals surface area contributed by atoms with Gasteiger partial charge in [-0.25, -0.2) is 0 Å². The van der Waals surface area contributed by atoms with Crippen molar-refractivity contribution < 1.29 is 18.3 Å². The molecule has 2 aromatic rings. The minimum absolute atomic E-state index is 0.228. The largest absolute Gasteiger partial charge is 0.494 e. The topological polar surface area (TPSA) is 77.5 Å². The van der Waals surface area contributed by atoms with Crippen molar-refractivity contribution >= 4 is 29.3 Å². The van der Waals surface area contributed by atoms with Crippen molar-refractivity contribution in [2.45, 2.75) is 82.9 Å². The molecule has 1 fully saturated rings. The number of aromatic nitrogens is 1. The van der Waals surface area contributed by atoms with Gasteiger partial charge in [0, 0.05) is 22.9 Å². The zero-order valence-corrected chi connectivity index (χ0v) is 21.4. The number of rotatable bonds is 9. The average Bonchev–Trinajstić information content (AvgIpc) is 3.18.